The predicted octanol–water partition coefficient (Wildman–Crippen LogP) is 3.19. The van der Waals surface area contributed by atoms with E-state index in [2.05, 4.69) is 0 Å². The summed E-state index contributed by atoms with van der Waals surface area (Å²) >= 11 is 0. The van der Waals surface area contributed by atoms with Crippen molar-refractivity contribution in [3.05, 3.63) is 29.3 Å². The molecule has 2 aromatic carbocycles. The molecule has 0 saturated heterocycles. The van der Waals surface area contributed by atoms with Crippen LogP contribution in [0.5, 0.6) is 17.2 Å². The van der Waals surface area contributed by atoms with Crippen LogP contribution in [-0.4, -0.2) is 30.9 Å². The maximum atomic E-state index is 12.3. The zero-order chi connectivity index (χ0) is 15.7. The van der Waals surface area contributed by atoms with Gasteiger partial charge in [0.2, 0.25) is 0 Å². The van der Waals surface area contributed by atoms with E-state index in [0.29, 0.717) is 53.2 Å². The molecule has 0 amide bonds. The van der Waals surface area contributed by atoms with Crippen LogP contribution in [0.1, 0.15) is 29.3 Å². The fourth-order valence-electron chi connectivity index (χ4n) is 2.67. The third kappa shape index (κ3) is 2.43. The molecule has 0 aromatic heterocycles. The summed E-state index contributed by atoms with van der Waals surface area (Å²) in [5.41, 5.74) is 1.11. The molecule has 0 bridgehead atoms. The van der Waals surface area contributed by atoms with Gasteiger partial charge in [0.05, 0.1) is 25.4 Å². The van der Waals surface area contributed by atoms with Gasteiger partial charge in [0.25, 0.3) is 0 Å². The van der Waals surface area contributed by atoms with Crippen LogP contribution in [-0.2, 0) is 4.74 Å². The molecule has 1 aliphatic heterocycles. The van der Waals surface area contributed by atoms with Crippen molar-refractivity contribution in [1.29, 1.82) is 0 Å². The molecule has 1 heterocycles. The van der Waals surface area contributed by atoms with Crippen molar-refractivity contribution in [2.45, 2.75) is 20.3 Å². The Balaban J connectivity index is 2.26. The lowest BCUT2D eigenvalue weighted by Gasteiger charge is -2.14. The van der Waals surface area contributed by atoms with Gasteiger partial charge in [-0.3, -0.25) is 0 Å². The number of fused-ring (bicyclic) bond motifs is 2. The molecule has 5 nitrogen and oxygen atoms in total. The van der Waals surface area contributed by atoms with Gasteiger partial charge in [-0.2, -0.15) is 0 Å². The molecule has 22 heavy (non-hydrogen) atoms. The van der Waals surface area contributed by atoms with Crippen molar-refractivity contribution < 1.29 is 24.1 Å². The van der Waals surface area contributed by atoms with E-state index in [9.17, 15) is 9.90 Å². The molecule has 0 atom stereocenters. The smallest absolute Gasteiger partial charge is 0.339 e. The number of ether oxygens (including phenoxy) is 3. The Morgan fingerprint density at radius 2 is 1.82 bits per heavy atom. The largest absolute Gasteiger partial charge is 0.507 e. The van der Waals surface area contributed by atoms with Crippen LogP contribution in [0.4, 0.5) is 0 Å². The fourth-order valence-corrected chi connectivity index (χ4v) is 2.67. The summed E-state index contributed by atoms with van der Waals surface area (Å²) in [7, 11) is 0. The Morgan fingerprint density at radius 1 is 1.18 bits per heavy atom. The second kappa shape index (κ2) is 5.75. The number of phenolic OH excluding ortho intramolecular Hbond substituents is 1. The number of esters is 1. The first-order valence-electron chi connectivity index (χ1n) is 7.35. The molecular formula is C17H18O5. The SMILES string of the molecule is CCOC(=O)c1c(C)cc(O)c2cc3c(cc12)OCCCO3. The Kier molecular flexibility index (Phi) is 3.79. The number of phenols is 1. The summed E-state index contributed by atoms with van der Waals surface area (Å²) in [6, 6.07) is 5.03. The topological polar surface area (TPSA) is 65.0 Å². The minimum atomic E-state index is -0.403. The average molecular weight is 302 g/mol. The molecule has 0 spiro atoms. The molecule has 1 aliphatic rings. The van der Waals surface area contributed by atoms with Gasteiger partial charge in [-0.25, -0.2) is 4.79 Å². The first-order valence-corrected chi connectivity index (χ1v) is 7.35. The fraction of sp³-hybridized carbons (Fsp3) is 0.353. The molecule has 0 saturated carbocycles. The number of aromatic hydroxyl groups is 1. The third-order valence-electron chi connectivity index (χ3n) is 3.66. The molecule has 0 unspecified atom stereocenters. The monoisotopic (exact) mass is 302 g/mol. The highest BCUT2D eigenvalue weighted by molar-refractivity contribution is 6.08. The second-order valence-corrected chi connectivity index (χ2v) is 5.20. The van der Waals surface area contributed by atoms with Crippen LogP contribution < -0.4 is 9.47 Å². The lowest BCUT2D eigenvalue weighted by Crippen LogP contribution is -2.08. The number of hydrogen-bond donors (Lipinski definition) is 1. The summed E-state index contributed by atoms with van der Waals surface area (Å²) in [6.45, 7) is 4.96. The number of carbonyl (C=O) groups is 1. The van der Waals surface area contributed by atoms with E-state index in [1.807, 2.05) is 0 Å². The molecule has 2 aromatic rings. The van der Waals surface area contributed by atoms with Gasteiger partial charge in [0.15, 0.2) is 11.5 Å². The number of hydrogen-bond acceptors (Lipinski definition) is 5. The van der Waals surface area contributed by atoms with Gasteiger partial charge in [-0.1, -0.05) is 0 Å². The number of rotatable bonds is 2. The standard InChI is InChI=1S/C17H18O5/c1-3-20-17(19)16-10(2)7-13(18)11-8-14-15(9-12(11)16)22-6-4-5-21-14/h7-9,18H,3-6H2,1-2H3. The van der Waals surface area contributed by atoms with Gasteiger partial charge in [0, 0.05) is 17.2 Å². The van der Waals surface area contributed by atoms with E-state index in [1.165, 1.54) is 0 Å². The molecule has 3 rings (SSSR count). The highest BCUT2D eigenvalue weighted by atomic mass is 16.5. The molecule has 116 valence electrons. The van der Waals surface area contributed by atoms with E-state index in [-0.39, 0.29) is 5.75 Å². The molecule has 0 aliphatic carbocycles. The maximum Gasteiger partial charge on any atom is 0.339 e. The van der Waals surface area contributed by atoms with Crippen molar-refractivity contribution in [1.82, 2.24) is 0 Å². The Bertz CT molecular complexity index is 736. The van der Waals surface area contributed by atoms with Gasteiger partial charge < -0.3 is 19.3 Å². The Hall–Kier alpha value is -2.43. The number of aryl methyl sites for hydroxylation is 1. The molecule has 0 radical (unpaired) electrons. The minimum Gasteiger partial charge on any atom is -0.507 e. The first-order chi connectivity index (χ1) is 10.6. The van der Waals surface area contributed by atoms with Crippen LogP contribution in [0.3, 0.4) is 0 Å². The van der Waals surface area contributed by atoms with Crippen LogP contribution in [0.2, 0.25) is 0 Å². The summed E-state index contributed by atoms with van der Waals surface area (Å²) in [5.74, 6) is 0.871. The Labute approximate surface area is 128 Å². The summed E-state index contributed by atoms with van der Waals surface area (Å²) in [4.78, 5) is 12.3. The first kappa shape index (κ1) is 14.5. The zero-order valence-electron chi connectivity index (χ0n) is 12.6. The van der Waals surface area contributed by atoms with Gasteiger partial charge in [0.1, 0.15) is 5.75 Å². The van der Waals surface area contributed by atoms with Crippen molar-refractivity contribution >= 4 is 16.7 Å². The van der Waals surface area contributed by atoms with Gasteiger partial charge >= 0.3 is 5.97 Å². The Morgan fingerprint density at radius 3 is 2.45 bits per heavy atom. The summed E-state index contributed by atoms with van der Waals surface area (Å²) in [6.07, 6.45) is 0.792. The van der Waals surface area contributed by atoms with Gasteiger partial charge in [-0.15, -0.1) is 0 Å². The molecule has 5 heteroatoms. The van der Waals surface area contributed by atoms with E-state index in [1.54, 1.807) is 32.0 Å². The summed E-state index contributed by atoms with van der Waals surface area (Å²) < 4.78 is 16.4. The van der Waals surface area contributed by atoms with Crippen molar-refractivity contribution in [3.63, 3.8) is 0 Å². The zero-order valence-corrected chi connectivity index (χ0v) is 12.6. The minimum absolute atomic E-state index is 0.108. The molecule has 0 fully saturated rings. The van der Waals surface area contributed by atoms with E-state index in [4.69, 9.17) is 14.2 Å². The van der Waals surface area contributed by atoms with Crippen molar-refractivity contribution in [2.75, 3.05) is 19.8 Å². The average Bonchev–Trinajstić information content (AvgIpc) is 2.70. The quantitative estimate of drug-likeness (QED) is 0.863. The van der Waals surface area contributed by atoms with E-state index < -0.39 is 5.97 Å². The van der Waals surface area contributed by atoms with Crippen LogP contribution in [0.25, 0.3) is 10.8 Å². The van der Waals surface area contributed by atoms with Crippen molar-refractivity contribution in [3.8, 4) is 17.2 Å². The summed E-state index contributed by atoms with van der Waals surface area (Å²) in [5, 5.41) is 11.4. The second-order valence-electron chi connectivity index (χ2n) is 5.20. The lowest BCUT2D eigenvalue weighted by molar-refractivity contribution is 0.0528. The number of benzene rings is 2. The lowest BCUT2D eigenvalue weighted by atomic mass is 9.98. The maximum absolute atomic E-state index is 12.3. The highest BCUT2D eigenvalue weighted by Gasteiger charge is 2.21. The van der Waals surface area contributed by atoms with E-state index >= 15 is 0 Å². The predicted molar refractivity (Wildman–Crippen MR) is 81.9 cm³/mol. The number of carbonyl (C=O) groups excluding carboxylic acids is 1. The van der Waals surface area contributed by atoms with Crippen molar-refractivity contribution in [2.24, 2.45) is 0 Å². The van der Waals surface area contributed by atoms with Crippen LogP contribution in [0.15, 0.2) is 18.2 Å². The highest BCUT2D eigenvalue weighted by Crippen LogP contribution is 2.40. The van der Waals surface area contributed by atoms with Crippen LogP contribution in [0, 0.1) is 6.92 Å². The normalized spacial score (nSPS) is 13.7. The van der Waals surface area contributed by atoms with Gasteiger partial charge in [-0.05, 0) is 37.6 Å². The molecule has 1 N–H and O–H groups in total. The van der Waals surface area contributed by atoms with E-state index in [0.717, 1.165) is 6.42 Å². The molecular weight excluding hydrogens is 284 g/mol. The van der Waals surface area contributed by atoms with Crippen LogP contribution >= 0.6 is 0 Å². The third-order valence-corrected chi connectivity index (χ3v) is 3.66.